The Balaban J connectivity index is 2.06. The highest BCUT2D eigenvalue weighted by Crippen LogP contribution is 2.25. The van der Waals surface area contributed by atoms with Crippen molar-refractivity contribution in [1.82, 2.24) is 14.4 Å². The van der Waals surface area contributed by atoms with Crippen LogP contribution in [0.15, 0.2) is 42.9 Å². The molecule has 0 bridgehead atoms. The molecule has 0 atom stereocenters. The fourth-order valence-corrected chi connectivity index (χ4v) is 1.73. The van der Waals surface area contributed by atoms with Gasteiger partial charge in [0.05, 0.1) is 6.20 Å². The number of nitrogens with one attached hydrogen (secondary N) is 1. The maximum atomic E-state index is 13.1. The predicted molar refractivity (Wildman–Crippen MR) is 69.0 cm³/mol. The molecule has 0 fully saturated rings. The van der Waals surface area contributed by atoms with Crippen LogP contribution in [0.1, 0.15) is 0 Å². The zero-order chi connectivity index (χ0) is 13.2. The molecule has 3 rings (SSSR count). The summed E-state index contributed by atoms with van der Waals surface area (Å²) in [6.45, 7) is 0. The van der Waals surface area contributed by atoms with Gasteiger partial charge in [-0.15, -0.1) is 0 Å². The third-order valence-electron chi connectivity index (χ3n) is 2.61. The zero-order valence-corrected chi connectivity index (χ0v) is 10.2. The number of nitrogens with zero attached hydrogens (tertiary/aromatic N) is 3. The summed E-state index contributed by atoms with van der Waals surface area (Å²) in [6, 6.07) is 5.90. The van der Waals surface area contributed by atoms with E-state index in [1.165, 1.54) is 12.1 Å². The minimum absolute atomic E-state index is 0.322. The van der Waals surface area contributed by atoms with Gasteiger partial charge in [0, 0.05) is 25.5 Å². The molecule has 1 aromatic carbocycles. The van der Waals surface area contributed by atoms with Crippen LogP contribution in [-0.2, 0) is 0 Å². The van der Waals surface area contributed by atoms with Crippen LogP contribution in [0, 0.1) is 5.82 Å². The van der Waals surface area contributed by atoms with E-state index in [1.807, 2.05) is 0 Å². The van der Waals surface area contributed by atoms with Crippen LogP contribution in [0.25, 0.3) is 5.65 Å². The summed E-state index contributed by atoms with van der Waals surface area (Å²) in [7, 11) is 1.76. The van der Waals surface area contributed by atoms with E-state index >= 15 is 0 Å². The van der Waals surface area contributed by atoms with Crippen LogP contribution in [0.5, 0.6) is 11.6 Å². The van der Waals surface area contributed by atoms with E-state index in [4.69, 9.17) is 4.74 Å². The summed E-state index contributed by atoms with van der Waals surface area (Å²) in [5.41, 5.74) is 0.572. The van der Waals surface area contributed by atoms with Crippen molar-refractivity contribution in [2.75, 3.05) is 12.4 Å². The first-order valence-electron chi connectivity index (χ1n) is 5.71. The molecule has 1 N–H and O–H groups in total. The van der Waals surface area contributed by atoms with Gasteiger partial charge in [0.2, 0.25) is 5.65 Å². The number of fused-ring (bicyclic) bond motifs is 1. The van der Waals surface area contributed by atoms with Crippen molar-refractivity contribution >= 4 is 11.5 Å². The van der Waals surface area contributed by atoms with E-state index in [2.05, 4.69) is 15.3 Å². The Morgan fingerprint density at radius 3 is 3.05 bits per heavy atom. The maximum Gasteiger partial charge on any atom is 0.265 e. The average Bonchev–Trinajstić information content (AvgIpc) is 2.87. The molecule has 2 aromatic heterocycles. The summed E-state index contributed by atoms with van der Waals surface area (Å²) in [6.07, 6.45) is 5.23. The fraction of sp³-hybridized carbons (Fsp3) is 0.0769. The van der Waals surface area contributed by atoms with Crippen molar-refractivity contribution in [3.63, 3.8) is 0 Å². The first kappa shape index (κ1) is 11.5. The SMILES string of the molecule is CNc1cn2ccnc2c(Oc2cccc(F)c2)n1. The van der Waals surface area contributed by atoms with Gasteiger partial charge in [-0.25, -0.2) is 9.37 Å². The second kappa shape index (κ2) is 4.56. The molecule has 0 spiro atoms. The van der Waals surface area contributed by atoms with Gasteiger partial charge in [-0.05, 0) is 12.1 Å². The number of benzene rings is 1. The second-order valence-electron chi connectivity index (χ2n) is 3.90. The molecule has 0 saturated carbocycles. The van der Waals surface area contributed by atoms with Crippen LogP contribution < -0.4 is 10.1 Å². The van der Waals surface area contributed by atoms with Crippen LogP contribution in [0.2, 0.25) is 0 Å². The second-order valence-corrected chi connectivity index (χ2v) is 3.90. The molecule has 96 valence electrons. The normalized spacial score (nSPS) is 10.6. The van der Waals surface area contributed by atoms with E-state index in [0.29, 0.717) is 23.1 Å². The van der Waals surface area contributed by atoms with Gasteiger partial charge in [-0.3, -0.25) is 4.40 Å². The summed E-state index contributed by atoms with van der Waals surface area (Å²) >= 11 is 0. The Morgan fingerprint density at radius 2 is 2.26 bits per heavy atom. The van der Waals surface area contributed by atoms with E-state index < -0.39 is 0 Å². The monoisotopic (exact) mass is 258 g/mol. The van der Waals surface area contributed by atoms with Gasteiger partial charge in [-0.2, -0.15) is 4.98 Å². The van der Waals surface area contributed by atoms with Crippen LogP contribution in [-0.4, -0.2) is 21.4 Å². The Kier molecular flexibility index (Phi) is 2.75. The molecule has 6 heteroatoms. The quantitative estimate of drug-likeness (QED) is 0.784. The van der Waals surface area contributed by atoms with E-state index in [0.717, 1.165) is 0 Å². The minimum atomic E-state index is -0.360. The molecule has 0 aliphatic carbocycles. The molecule has 0 aliphatic heterocycles. The number of hydrogen-bond acceptors (Lipinski definition) is 4. The lowest BCUT2D eigenvalue weighted by molar-refractivity contribution is 0.461. The van der Waals surface area contributed by atoms with Crippen LogP contribution in [0.4, 0.5) is 10.2 Å². The van der Waals surface area contributed by atoms with Gasteiger partial charge in [0.15, 0.2) is 0 Å². The Labute approximate surface area is 108 Å². The van der Waals surface area contributed by atoms with E-state index in [1.54, 1.807) is 42.2 Å². The number of rotatable bonds is 3. The molecular formula is C13H11FN4O. The molecule has 0 amide bonds. The smallest absolute Gasteiger partial charge is 0.265 e. The summed E-state index contributed by atoms with van der Waals surface area (Å²) < 4.78 is 20.5. The minimum Gasteiger partial charge on any atom is -0.436 e. The Bertz CT molecular complexity index is 725. The maximum absolute atomic E-state index is 13.1. The summed E-state index contributed by atoms with van der Waals surface area (Å²) in [5.74, 6) is 0.978. The molecule has 0 unspecified atom stereocenters. The Hall–Kier alpha value is -2.63. The Morgan fingerprint density at radius 1 is 1.37 bits per heavy atom. The van der Waals surface area contributed by atoms with Gasteiger partial charge in [0.1, 0.15) is 17.4 Å². The number of hydrogen-bond donors (Lipinski definition) is 1. The number of anilines is 1. The molecule has 0 radical (unpaired) electrons. The topological polar surface area (TPSA) is 51.5 Å². The fourth-order valence-electron chi connectivity index (χ4n) is 1.73. The number of imidazole rings is 1. The van der Waals surface area contributed by atoms with Crippen molar-refractivity contribution < 1.29 is 9.13 Å². The van der Waals surface area contributed by atoms with E-state index in [-0.39, 0.29) is 5.82 Å². The van der Waals surface area contributed by atoms with Gasteiger partial charge >= 0.3 is 0 Å². The zero-order valence-electron chi connectivity index (χ0n) is 10.2. The number of aromatic nitrogens is 3. The highest BCUT2D eigenvalue weighted by molar-refractivity contribution is 5.54. The van der Waals surface area contributed by atoms with Gasteiger partial charge in [-0.1, -0.05) is 6.07 Å². The molecule has 19 heavy (non-hydrogen) atoms. The standard InChI is InChI=1S/C13H11FN4O/c1-15-11-8-18-6-5-16-12(18)13(17-11)19-10-4-2-3-9(14)7-10/h2-8,15H,1H3. The van der Waals surface area contributed by atoms with Crippen molar-refractivity contribution in [2.24, 2.45) is 0 Å². The van der Waals surface area contributed by atoms with Crippen molar-refractivity contribution in [2.45, 2.75) is 0 Å². The molecule has 0 aliphatic rings. The number of halogens is 1. The van der Waals surface area contributed by atoms with Gasteiger partial charge in [0.25, 0.3) is 5.88 Å². The van der Waals surface area contributed by atoms with Crippen molar-refractivity contribution in [3.05, 3.63) is 48.7 Å². The van der Waals surface area contributed by atoms with Crippen molar-refractivity contribution in [1.29, 1.82) is 0 Å². The third kappa shape index (κ3) is 2.20. The number of ether oxygens (including phenoxy) is 1. The first-order valence-corrected chi connectivity index (χ1v) is 5.71. The highest BCUT2D eigenvalue weighted by atomic mass is 19.1. The van der Waals surface area contributed by atoms with E-state index in [9.17, 15) is 4.39 Å². The largest absolute Gasteiger partial charge is 0.436 e. The lowest BCUT2D eigenvalue weighted by Gasteiger charge is -2.08. The molecule has 0 saturated heterocycles. The van der Waals surface area contributed by atoms with Crippen LogP contribution >= 0.6 is 0 Å². The predicted octanol–water partition coefficient (Wildman–Crippen LogP) is 2.70. The average molecular weight is 258 g/mol. The molecular weight excluding hydrogens is 247 g/mol. The molecule has 2 heterocycles. The molecule has 3 aromatic rings. The summed E-state index contributed by atoms with van der Waals surface area (Å²) in [4.78, 5) is 8.44. The van der Waals surface area contributed by atoms with Crippen LogP contribution in [0.3, 0.4) is 0 Å². The lowest BCUT2D eigenvalue weighted by atomic mass is 10.3. The first-order chi connectivity index (χ1) is 9.26. The summed E-state index contributed by atoms with van der Waals surface area (Å²) in [5, 5.41) is 2.93. The lowest BCUT2D eigenvalue weighted by Crippen LogP contribution is -1.99. The van der Waals surface area contributed by atoms with Crippen molar-refractivity contribution in [3.8, 4) is 11.6 Å². The third-order valence-corrected chi connectivity index (χ3v) is 2.61. The molecule has 5 nitrogen and oxygen atoms in total. The van der Waals surface area contributed by atoms with Gasteiger partial charge < -0.3 is 10.1 Å². The highest BCUT2D eigenvalue weighted by Gasteiger charge is 2.09.